The van der Waals surface area contributed by atoms with E-state index in [0.29, 0.717) is 19.0 Å². The quantitative estimate of drug-likeness (QED) is 0.913. The Morgan fingerprint density at radius 1 is 1.35 bits per heavy atom. The van der Waals surface area contributed by atoms with E-state index in [9.17, 15) is 9.59 Å². The van der Waals surface area contributed by atoms with Crippen LogP contribution in [-0.4, -0.2) is 35.3 Å². The maximum atomic E-state index is 13.0. The molecule has 0 bridgehead atoms. The maximum absolute atomic E-state index is 13.0. The molecule has 0 aromatic carbocycles. The van der Waals surface area contributed by atoms with Crippen molar-refractivity contribution in [2.75, 3.05) is 13.1 Å². The second kappa shape index (κ2) is 7.47. The molecule has 1 fully saturated rings. The van der Waals surface area contributed by atoms with Gasteiger partial charge in [-0.25, -0.2) is 0 Å². The Morgan fingerprint density at radius 2 is 2.09 bits per heavy atom. The molecule has 5 heteroatoms. The largest absolute Gasteiger partial charge is 0.354 e. The fraction of sp³-hybridized carbons (Fsp3) is 0.667. The number of rotatable bonds is 4. The van der Waals surface area contributed by atoms with E-state index >= 15 is 0 Å². The van der Waals surface area contributed by atoms with Gasteiger partial charge in [0, 0.05) is 13.1 Å². The van der Waals surface area contributed by atoms with Crippen molar-refractivity contribution in [2.24, 2.45) is 5.92 Å². The Kier molecular flexibility index (Phi) is 5.84. The number of nitrogens with zero attached hydrogens (tertiary/aromatic N) is 1. The van der Waals surface area contributed by atoms with E-state index in [1.807, 2.05) is 30.2 Å². The molecule has 4 nitrogen and oxygen atoms in total. The summed E-state index contributed by atoms with van der Waals surface area (Å²) in [4.78, 5) is 28.5. The highest BCUT2D eigenvalue weighted by molar-refractivity contribution is 7.12. The maximum Gasteiger partial charge on any atom is 0.265 e. The van der Waals surface area contributed by atoms with Gasteiger partial charge in [0.05, 0.1) is 4.88 Å². The van der Waals surface area contributed by atoms with Crippen LogP contribution in [-0.2, 0) is 4.79 Å². The molecule has 0 radical (unpaired) electrons. The molecule has 1 aliphatic heterocycles. The molecule has 2 rings (SSSR count). The second-order valence-corrected chi connectivity index (χ2v) is 7.99. The van der Waals surface area contributed by atoms with Crippen LogP contribution < -0.4 is 5.32 Å². The normalized spacial score (nSPS) is 22.0. The van der Waals surface area contributed by atoms with E-state index in [1.54, 1.807) is 0 Å². The molecule has 23 heavy (non-hydrogen) atoms. The molecule has 1 aromatic rings. The van der Waals surface area contributed by atoms with Crippen molar-refractivity contribution in [3.05, 3.63) is 21.9 Å². The van der Waals surface area contributed by atoms with Crippen LogP contribution in [0.15, 0.2) is 11.4 Å². The minimum atomic E-state index is -0.751. The molecule has 1 unspecified atom stereocenters. The standard InChI is InChI=1S/C18H28N2O2S/c1-13(2)12-19-17(22)18(4)9-6-5-7-10-20(18)16(21)15-14(3)8-11-23-15/h8,11,13H,5-7,9-10,12H2,1-4H3,(H,19,22). The summed E-state index contributed by atoms with van der Waals surface area (Å²) < 4.78 is 0. The smallest absolute Gasteiger partial charge is 0.265 e. The number of aryl methyl sites for hydroxylation is 1. The first kappa shape index (κ1) is 18.0. The number of carbonyl (C=O) groups is 2. The van der Waals surface area contributed by atoms with Gasteiger partial charge in [-0.3, -0.25) is 9.59 Å². The molecular formula is C18H28N2O2S. The third-order valence-electron chi connectivity index (χ3n) is 4.60. The predicted molar refractivity (Wildman–Crippen MR) is 94.8 cm³/mol. The molecule has 128 valence electrons. The number of amides is 2. The minimum absolute atomic E-state index is 0.00148. The Morgan fingerprint density at radius 3 is 2.70 bits per heavy atom. The summed E-state index contributed by atoms with van der Waals surface area (Å²) in [6, 6.07) is 1.96. The topological polar surface area (TPSA) is 49.4 Å². The van der Waals surface area contributed by atoms with Crippen LogP contribution in [0.1, 0.15) is 61.7 Å². The molecule has 0 aliphatic carbocycles. The first-order valence-corrected chi connectivity index (χ1v) is 9.38. The molecular weight excluding hydrogens is 308 g/mol. The number of likely N-dealkylation sites (tertiary alicyclic amines) is 1. The van der Waals surface area contributed by atoms with Crippen LogP contribution in [0.3, 0.4) is 0 Å². The lowest BCUT2D eigenvalue weighted by atomic mass is 9.92. The van der Waals surface area contributed by atoms with Gasteiger partial charge in [0.15, 0.2) is 0 Å². The van der Waals surface area contributed by atoms with Gasteiger partial charge in [-0.2, -0.15) is 0 Å². The summed E-state index contributed by atoms with van der Waals surface area (Å²) >= 11 is 1.47. The average molecular weight is 337 g/mol. The first-order chi connectivity index (χ1) is 10.9. The lowest BCUT2D eigenvalue weighted by molar-refractivity contribution is -0.131. The van der Waals surface area contributed by atoms with Crippen LogP contribution in [0.4, 0.5) is 0 Å². The fourth-order valence-corrected chi connectivity index (χ4v) is 3.93. The highest BCUT2D eigenvalue weighted by atomic mass is 32.1. The van der Waals surface area contributed by atoms with E-state index in [1.165, 1.54) is 11.3 Å². The molecule has 1 aromatic heterocycles. The van der Waals surface area contributed by atoms with Crippen molar-refractivity contribution in [3.8, 4) is 0 Å². The van der Waals surface area contributed by atoms with Crippen LogP contribution in [0.2, 0.25) is 0 Å². The number of nitrogens with one attached hydrogen (secondary N) is 1. The molecule has 2 amide bonds. The second-order valence-electron chi connectivity index (χ2n) is 7.08. The van der Waals surface area contributed by atoms with Crippen molar-refractivity contribution in [3.63, 3.8) is 0 Å². The van der Waals surface area contributed by atoms with Gasteiger partial charge in [0.1, 0.15) is 5.54 Å². The minimum Gasteiger partial charge on any atom is -0.354 e. The molecule has 1 atom stereocenters. The molecule has 0 saturated carbocycles. The van der Waals surface area contributed by atoms with Gasteiger partial charge >= 0.3 is 0 Å². The Labute approximate surface area is 143 Å². The Balaban J connectivity index is 2.27. The van der Waals surface area contributed by atoms with Crippen molar-refractivity contribution < 1.29 is 9.59 Å². The highest BCUT2D eigenvalue weighted by Gasteiger charge is 2.43. The lowest BCUT2D eigenvalue weighted by Crippen LogP contribution is -2.59. The number of hydrogen-bond donors (Lipinski definition) is 1. The summed E-state index contributed by atoms with van der Waals surface area (Å²) in [6.45, 7) is 9.34. The van der Waals surface area contributed by atoms with Gasteiger partial charge in [0.2, 0.25) is 5.91 Å². The van der Waals surface area contributed by atoms with E-state index in [-0.39, 0.29) is 11.8 Å². The van der Waals surface area contributed by atoms with Crippen LogP contribution in [0, 0.1) is 12.8 Å². The zero-order valence-corrected chi connectivity index (χ0v) is 15.5. The zero-order chi connectivity index (χ0) is 17.0. The Bertz CT molecular complexity index is 567. The van der Waals surface area contributed by atoms with Crippen LogP contribution in [0.5, 0.6) is 0 Å². The molecule has 1 saturated heterocycles. The third kappa shape index (κ3) is 3.94. The third-order valence-corrected chi connectivity index (χ3v) is 5.61. The van der Waals surface area contributed by atoms with Crippen molar-refractivity contribution in [1.29, 1.82) is 0 Å². The van der Waals surface area contributed by atoms with Crippen LogP contribution in [0.25, 0.3) is 0 Å². The summed E-state index contributed by atoms with van der Waals surface area (Å²) in [5.74, 6) is 0.384. The van der Waals surface area contributed by atoms with Gasteiger partial charge in [-0.15, -0.1) is 11.3 Å². The SMILES string of the molecule is Cc1ccsc1C(=O)N1CCCCCC1(C)C(=O)NCC(C)C. The lowest BCUT2D eigenvalue weighted by Gasteiger charge is -2.39. The van der Waals surface area contributed by atoms with E-state index in [0.717, 1.165) is 36.1 Å². The summed E-state index contributed by atoms with van der Waals surface area (Å²) in [7, 11) is 0. The molecule has 1 N–H and O–H groups in total. The molecule has 1 aliphatic rings. The van der Waals surface area contributed by atoms with E-state index in [4.69, 9.17) is 0 Å². The number of thiophene rings is 1. The first-order valence-electron chi connectivity index (χ1n) is 8.50. The molecule has 2 heterocycles. The number of hydrogen-bond acceptors (Lipinski definition) is 3. The van der Waals surface area contributed by atoms with Gasteiger partial charge < -0.3 is 10.2 Å². The van der Waals surface area contributed by atoms with Crippen LogP contribution >= 0.6 is 11.3 Å². The fourth-order valence-electron chi connectivity index (χ4n) is 3.06. The zero-order valence-electron chi connectivity index (χ0n) is 14.6. The predicted octanol–water partition coefficient (Wildman–Crippen LogP) is 3.60. The monoisotopic (exact) mass is 336 g/mol. The van der Waals surface area contributed by atoms with Crippen molar-refractivity contribution in [2.45, 2.75) is 58.9 Å². The van der Waals surface area contributed by atoms with Gasteiger partial charge in [0.25, 0.3) is 5.91 Å². The van der Waals surface area contributed by atoms with Gasteiger partial charge in [-0.05, 0) is 49.6 Å². The summed E-state index contributed by atoms with van der Waals surface area (Å²) in [5, 5.41) is 4.98. The highest BCUT2D eigenvalue weighted by Crippen LogP contribution is 2.31. The van der Waals surface area contributed by atoms with E-state index < -0.39 is 5.54 Å². The average Bonchev–Trinajstić information content (AvgIpc) is 2.82. The van der Waals surface area contributed by atoms with E-state index in [2.05, 4.69) is 19.2 Å². The molecule has 0 spiro atoms. The van der Waals surface area contributed by atoms with Gasteiger partial charge in [-0.1, -0.05) is 26.7 Å². The van der Waals surface area contributed by atoms with Crippen molar-refractivity contribution >= 4 is 23.2 Å². The summed E-state index contributed by atoms with van der Waals surface area (Å²) in [6.07, 6.45) is 3.75. The summed E-state index contributed by atoms with van der Waals surface area (Å²) in [5.41, 5.74) is 0.244. The number of carbonyl (C=O) groups excluding carboxylic acids is 2. The Hall–Kier alpha value is -1.36. The van der Waals surface area contributed by atoms with Crippen molar-refractivity contribution in [1.82, 2.24) is 10.2 Å².